The summed E-state index contributed by atoms with van der Waals surface area (Å²) in [5.41, 5.74) is 12.7. The number of hydrogen-bond donors (Lipinski definition) is 3. The third-order valence-corrected chi connectivity index (χ3v) is 4.37. The summed E-state index contributed by atoms with van der Waals surface area (Å²) in [6.07, 6.45) is 0. The number of carbonyl (C=O) groups is 1. The third-order valence-electron chi connectivity index (χ3n) is 2.44. The van der Waals surface area contributed by atoms with Crippen LogP contribution in [0.1, 0.15) is 15.2 Å². The van der Waals surface area contributed by atoms with Gasteiger partial charge in [-0.05, 0) is 45.6 Å². The van der Waals surface area contributed by atoms with E-state index in [2.05, 4.69) is 21.2 Å². The maximum Gasteiger partial charge on any atom is 0.250 e. The Morgan fingerprint density at radius 1 is 1.39 bits per heavy atom. The molecule has 0 saturated carbocycles. The quantitative estimate of drug-likeness (QED) is 0.756. The van der Waals surface area contributed by atoms with Crippen molar-refractivity contribution in [2.24, 2.45) is 5.73 Å². The second-order valence-corrected chi connectivity index (χ2v) is 5.57. The zero-order valence-electron chi connectivity index (χ0n) is 9.44. The van der Waals surface area contributed by atoms with Gasteiger partial charge in [-0.15, -0.1) is 11.3 Å². The summed E-state index contributed by atoms with van der Waals surface area (Å²) < 4.78 is 1.05. The molecule has 0 bridgehead atoms. The Labute approximate surface area is 117 Å². The normalized spacial score (nSPS) is 10.3. The molecule has 4 nitrogen and oxygen atoms in total. The topological polar surface area (TPSA) is 81.1 Å². The summed E-state index contributed by atoms with van der Waals surface area (Å²) >= 11 is 5.09. The number of hydrogen-bond acceptors (Lipinski definition) is 4. The molecule has 1 amide bonds. The average molecular weight is 326 g/mol. The minimum absolute atomic E-state index is 0.442. The number of carbonyl (C=O) groups excluding carboxylic acids is 1. The Balaban J connectivity index is 2.20. The molecule has 0 saturated heterocycles. The Kier molecular flexibility index (Phi) is 3.88. The minimum atomic E-state index is -0.470. The summed E-state index contributed by atoms with van der Waals surface area (Å²) in [7, 11) is 0. The van der Waals surface area contributed by atoms with Gasteiger partial charge in [0.25, 0.3) is 5.91 Å². The Hall–Kier alpha value is -1.53. The number of primary amides is 1. The van der Waals surface area contributed by atoms with Crippen LogP contribution in [0.2, 0.25) is 0 Å². The first-order valence-electron chi connectivity index (χ1n) is 5.23. The first kappa shape index (κ1) is 12.9. The summed E-state index contributed by atoms with van der Waals surface area (Å²) in [4.78, 5) is 12.4. The van der Waals surface area contributed by atoms with Crippen LogP contribution < -0.4 is 16.8 Å². The van der Waals surface area contributed by atoms with E-state index in [1.165, 1.54) is 0 Å². The molecule has 0 unspecified atom stereocenters. The fourth-order valence-corrected chi connectivity index (χ4v) is 2.98. The summed E-state index contributed by atoms with van der Waals surface area (Å²) in [5, 5.41) is 5.17. The van der Waals surface area contributed by atoms with Crippen LogP contribution in [0.15, 0.2) is 34.1 Å². The van der Waals surface area contributed by atoms with Crippen molar-refractivity contribution in [3.05, 3.63) is 44.6 Å². The highest BCUT2D eigenvalue weighted by molar-refractivity contribution is 9.10. The maximum absolute atomic E-state index is 11.3. The van der Waals surface area contributed by atoms with Gasteiger partial charge in [0.2, 0.25) is 0 Å². The molecule has 0 atom stereocenters. The van der Waals surface area contributed by atoms with Crippen molar-refractivity contribution in [1.29, 1.82) is 0 Å². The number of amides is 1. The zero-order chi connectivity index (χ0) is 13.1. The van der Waals surface area contributed by atoms with Gasteiger partial charge in [-0.2, -0.15) is 0 Å². The predicted molar refractivity (Wildman–Crippen MR) is 78.7 cm³/mol. The summed E-state index contributed by atoms with van der Waals surface area (Å²) in [6.45, 7) is 0.613. The number of nitrogens with two attached hydrogens (primary N) is 2. The highest BCUT2D eigenvalue weighted by atomic mass is 79.9. The van der Waals surface area contributed by atoms with Gasteiger partial charge < -0.3 is 16.8 Å². The monoisotopic (exact) mass is 325 g/mol. The van der Waals surface area contributed by atoms with Gasteiger partial charge in [0.05, 0.1) is 12.1 Å². The average Bonchev–Trinajstić information content (AvgIpc) is 2.72. The standard InChI is InChI=1S/C12H12BrN3OS/c13-9-3-4-18-11(9)6-16-10-5-7(14)1-2-8(10)12(15)17/h1-5,16H,6,14H2,(H2,15,17). The van der Waals surface area contributed by atoms with Crippen molar-refractivity contribution in [3.8, 4) is 0 Å². The number of rotatable bonds is 4. The van der Waals surface area contributed by atoms with E-state index in [0.717, 1.165) is 9.35 Å². The van der Waals surface area contributed by atoms with Crippen LogP contribution in [-0.2, 0) is 6.54 Å². The van der Waals surface area contributed by atoms with E-state index in [-0.39, 0.29) is 0 Å². The van der Waals surface area contributed by atoms with Crippen LogP contribution in [0.5, 0.6) is 0 Å². The fraction of sp³-hybridized carbons (Fsp3) is 0.0833. The highest BCUT2D eigenvalue weighted by Gasteiger charge is 2.09. The number of benzene rings is 1. The lowest BCUT2D eigenvalue weighted by Crippen LogP contribution is -2.14. The Morgan fingerprint density at radius 2 is 2.17 bits per heavy atom. The molecule has 0 aliphatic rings. The maximum atomic E-state index is 11.3. The van der Waals surface area contributed by atoms with E-state index in [1.54, 1.807) is 29.5 Å². The lowest BCUT2D eigenvalue weighted by Gasteiger charge is -2.10. The molecule has 94 valence electrons. The number of anilines is 2. The van der Waals surface area contributed by atoms with E-state index in [9.17, 15) is 4.79 Å². The van der Waals surface area contributed by atoms with Crippen molar-refractivity contribution in [2.75, 3.05) is 11.1 Å². The molecule has 1 aromatic carbocycles. The van der Waals surface area contributed by atoms with E-state index in [4.69, 9.17) is 11.5 Å². The van der Waals surface area contributed by atoms with Gasteiger partial charge in [0, 0.05) is 20.7 Å². The first-order valence-corrected chi connectivity index (χ1v) is 6.90. The molecule has 5 N–H and O–H groups in total. The molecule has 6 heteroatoms. The summed E-state index contributed by atoms with van der Waals surface area (Å²) in [5.74, 6) is -0.470. The predicted octanol–water partition coefficient (Wildman–Crippen LogP) is 2.80. The molecular weight excluding hydrogens is 314 g/mol. The summed E-state index contributed by atoms with van der Waals surface area (Å²) in [6, 6.07) is 6.98. The highest BCUT2D eigenvalue weighted by Crippen LogP contribution is 2.25. The molecule has 0 aliphatic heterocycles. The number of nitrogens with one attached hydrogen (secondary N) is 1. The van der Waals surface area contributed by atoms with Crippen molar-refractivity contribution in [1.82, 2.24) is 0 Å². The minimum Gasteiger partial charge on any atom is -0.399 e. The molecule has 18 heavy (non-hydrogen) atoms. The second kappa shape index (κ2) is 5.41. The van der Waals surface area contributed by atoms with Gasteiger partial charge >= 0.3 is 0 Å². The van der Waals surface area contributed by atoms with Crippen LogP contribution in [0.3, 0.4) is 0 Å². The van der Waals surface area contributed by atoms with E-state index < -0.39 is 5.91 Å². The lowest BCUT2D eigenvalue weighted by atomic mass is 10.1. The van der Waals surface area contributed by atoms with Gasteiger partial charge in [-0.25, -0.2) is 0 Å². The lowest BCUT2D eigenvalue weighted by molar-refractivity contribution is 0.100. The van der Waals surface area contributed by atoms with Crippen LogP contribution in [0, 0.1) is 0 Å². The molecule has 0 aliphatic carbocycles. The molecule has 0 fully saturated rings. The van der Waals surface area contributed by atoms with E-state index >= 15 is 0 Å². The SMILES string of the molecule is NC(=O)c1ccc(N)cc1NCc1sccc1Br. The first-order chi connectivity index (χ1) is 8.58. The molecule has 0 radical (unpaired) electrons. The van der Waals surface area contributed by atoms with Gasteiger partial charge in [0.1, 0.15) is 0 Å². The van der Waals surface area contributed by atoms with Crippen molar-refractivity contribution in [3.63, 3.8) is 0 Å². The largest absolute Gasteiger partial charge is 0.399 e. The molecule has 1 heterocycles. The van der Waals surface area contributed by atoms with E-state index in [1.807, 2.05) is 11.4 Å². The number of halogens is 1. The van der Waals surface area contributed by atoms with Crippen molar-refractivity contribution < 1.29 is 4.79 Å². The second-order valence-electron chi connectivity index (χ2n) is 3.71. The number of nitrogen functional groups attached to an aromatic ring is 1. The Morgan fingerprint density at radius 3 is 2.78 bits per heavy atom. The molecule has 2 aromatic rings. The molecule has 1 aromatic heterocycles. The van der Waals surface area contributed by atoms with Gasteiger partial charge in [-0.1, -0.05) is 0 Å². The van der Waals surface area contributed by atoms with Crippen LogP contribution >= 0.6 is 27.3 Å². The van der Waals surface area contributed by atoms with Crippen LogP contribution in [-0.4, -0.2) is 5.91 Å². The zero-order valence-corrected chi connectivity index (χ0v) is 11.8. The number of thiophene rings is 1. The third kappa shape index (κ3) is 2.83. The smallest absolute Gasteiger partial charge is 0.250 e. The molecule has 2 rings (SSSR count). The van der Waals surface area contributed by atoms with Crippen molar-refractivity contribution >= 4 is 44.5 Å². The van der Waals surface area contributed by atoms with E-state index in [0.29, 0.717) is 23.5 Å². The fourth-order valence-electron chi connectivity index (χ4n) is 1.55. The van der Waals surface area contributed by atoms with Gasteiger partial charge in [-0.3, -0.25) is 4.79 Å². The molecule has 0 spiro atoms. The van der Waals surface area contributed by atoms with Crippen LogP contribution in [0.25, 0.3) is 0 Å². The molecular formula is C12H12BrN3OS. The van der Waals surface area contributed by atoms with Gasteiger partial charge in [0.15, 0.2) is 0 Å². The van der Waals surface area contributed by atoms with Crippen molar-refractivity contribution in [2.45, 2.75) is 6.54 Å². The Bertz CT molecular complexity index is 582. The van der Waals surface area contributed by atoms with Crippen LogP contribution in [0.4, 0.5) is 11.4 Å².